The number of aliphatic carboxylic acids is 1. The molecular weight excluding hydrogens is 498 g/mol. The van der Waals surface area contributed by atoms with Crippen molar-refractivity contribution in [1.82, 2.24) is 15.5 Å². The molecule has 0 aromatic heterocycles. The van der Waals surface area contributed by atoms with E-state index in [4.69, 9.17) is 0 Å². The van der Waals surface area contributed by atoms with Crippen LogP contribution in [0.5, 0.6) is 0 Å². The molecule has 0 spiro atoms. The van der Waals surface area contributed by atoms with Gasteiger partial charge in [-0.05, 0) is 29.7 Å². The molecule has 36 heavy (non-hydrogen) atoms. The first-order valence-electron chi connectivity index (χ1n) is 11.4. The van der Waals surface area contributed by atoms with Gasteiger partial charge in [-0.25, -0.2) is 4.79 Å². The van der Waals surface area contributed by atoms with E-state index < -0.39 is 23.3 Å². The number of fused-ring (bicyclic) bond motifs is 1. The Hall–Kier alpha value is -3.50. The standard InChI is InChI=1S/C26H23N3O5S2/c30-19(14-35-16-9-5-2-6-10-16)28-21-24(32)29-22(26(33)34)18(13-36-25(21)29)20(15-7-3-1-4-8-15)17-11-12-27-23(17)31/h1-10,21,25H,11-14H2,(H,27,31)(H,28,30)(H,33,34)/t21-,25-/m1/s1. The molecule has 3 N–H and O–H groups in total. The molecule has 2 atom stereocenters. The van der Waals surface area contributed by atoms with Crippen LogP contribution in [0.3, 0.4) is 0 Å². The minimum absolute atomic E-state index is 0.126. The number of carbonyl (C=O) groups is 4. The summed E-state index contributed by atoms with van der Waals surface area (Å²) < 4.78 is 0. The van der Waals surface area contributed by atoms with Crippen molar-refractivity contribution in [2.45, 2.75) is 22.7 Å². The lowest BCUT2D eigenvalue weighted by atomic mass is 9.90. The third kappa shape index (κ3) is 4.54. The van der Waals surface area contributed by atoms with Gasteiger partial charge in [0.15, 0.2) is 0 Å². The maximum atomic E-state index is 13.1. The highest BCUT2D eigenvalue weighted by Gasteiger charge is 2.54. The topological polar surface area (TPSA) is 116 Å². The molecule has 3 amide bonds. The molecule has 0 aliphatic carbocycles. The predicted molar refractivity (Wildman–Crippen MR) is 138 cm³/mol. The largest absolute Gasteiger partial charge is 0.477 e. The molecule has 2 saturated heterocycles. The van der Waals surface area contributed by atoms with Gasteiger partial charge in [0.1, 0.15) is 17.1 Å². The molecule has 184 valence electrons. The quantitative estimate of drug-likeness (QED) is 0.291. The van der Waals surface area contributed by atoms with Crippen LogP contribution in [0.4, 0.5) is 0 Å². The SMILES string of the molecule is O=C(CSc1ccccc1)N[C@@H]1C(=O)N2C(C(=O)O)=C(C(=C3CCNC3=O)c3ccccc3)CS[C@H]12. The second-order valence-corrected chi connectivity index (χ2v) is 10.6. The molecule has 0 saturated carbocycles. The Kier molecular flexibility index (Phi) is 6.88. The Balaban J connectivity index is 1.41. The number of amides is 3. The maximum absolute atomic E-state index is 13.1. The first-order valence-corrected chi connectivity index (χ1v) is 13.4. The number of carboxylic acid groups (broad SMARTS) is 1. The van der Waals surface area contributed by atoms with E-state index in [2.05, 4.69) is 10.6 Å². The highest BCUT2D eigenvalue weighted by atomic mass is 32.2. The predicted octanol–water partition coefficient (Wildman–Crippen LogP) is 2.49. The minimum Gasteiger partial charge on any atom is -0.477 e. The number of allylic oxidation sites excluding steroid dienone is 1. The fraction of sp³-hybridized carbons (Fsp3) is 0.231. The average molecular weight is 522 g/mol. The smallest absolute Gasteiger partial charge is 0.352 e. The van der Waals surface area contributed by atoms with E-state index in [-0.39, 0.29) is 23.3 Å². The molecule has 8 nitrogen and oxygen atoms in total. The van der Waals surface area contributed by atoms with Gasteiger partial charge in [0.25, 0.3) is 5.91 Å². The third-order valence-electron chi connectivity index (χ3n) is 6.20. The Morgan fingerprint density at radius 3 is 2.42 bits per heavy atom. The van der Waals surface area contributed by atoms with E-state index in [9.17, 15) is 24.3 Å². The molecular formula is C26H23N3O5S2. The molecule has 3 aliphatic rings. The van der Waals surface area contributed by atoms with Crippen molar-refractivity contribution in [2.75, 3.05) is 18.1 Å². The van der Waals surface area contributed by atoms with Crippen LogP contribution in [0.25, 0.3) is 5.57 Å². The Morgan fingerprint density at radius 1 is 1.08 bits per heavy atom. The van der Waals surface area contributed by atoms with Gasteiger partial charge in [0.2, 0.25) is 11.8 Å². The fourth-order valence-corrected chi connectivity index (χ4v) is 6.67. The van der Waals surface area contributed by atoms with Gasteiger partial charge < -0.3 is 15.7 Å². The number of carbonyl (C=O) groups excluding carboxylic acids is 3. The summed E-state index contributed by atoms with van der Waals surface area (Å²) in [7, 11) is 0. The monoisotopic (exact) mass is 521 g/mol. The molecule has 0 bridgehead atoms. The average Bonchev–Trinajstić information content (AvgIpc) is 3.32. The van der Waals surface area contributed by atoms with Crippen LogP contribution in [0.1, 0.15) is 12.0 Å². The number of β-lactam (4-membered cyclic amide) rings is 1. The van der Waals surface area contributed by atoms with E-state index in [1.807, 2.05) is 60.7 Å². The second kappa shape index (κ2) is 10.2. The summed E-state index contributed by atoms with van der Waals surface area (Å²) in [6.45, 7) is 0.480. The summed E-state index contributed by atoms with van der Waals surface area (Å²) in [5, 5.41) is 15.2. The van der Waals surface area contributed by atoms with Gasteiger partial charge in [0, 0.05) is 28.3 Å². The van der Waals surface area contributed by atoms with E-state index in [0.29, 0.717) is 35.4 Å². The van der Waals surface area contributed by atoms with Gasteiger partial charge in [-0.3, -0.25) is 19.3 Å². The number of carboxylic acids is 1. The molecule has 0 radical (unpaired) electrons. The molecule has 2 aromatic rings. The van der Waals surface area contributed by atoms with E-state index >= 15 is 0 Å². The van der Waals surface area contributed by atoms with Crippen LogP contribution in [0, 0.1) is 0 Å². The van der Waals surface area contributed by atoms with E-state index in [1.165, 1.54) is 28.4 Å². The van der Waals surface area contributed by atoms with Crippen molar-refractivity contribution in [3.63, 3.8) is 0 Å². The lowest BCUT2D eigenvalue weighted by molar-refractivity contribution is -0.150. The highest BCUT2D eigenvalue weighted by molar-refractivity contribution is 8.00. The Bertz CT molecular complexity index is 1290. The summed E-state index contributed by atoms with van der Waals surface area (Å²) in [5.74, 6) is -1.77. The van der Waals surface area contributed by atoms with Crippen LogP contribution in [0.15, 0.2) is 82.4 Å². The van der Waals surface area contributed by atoms with Crippen molar-refractivity contribution < 1.29 is 24.3 Å². The molecule has 3 heterocycles. The molecule has 2 fully saturated rings. The number of rotatable bonds is 7. The Labute approximate surface area is 216 Å². The number of nitrogens with zero attached hydrogens (tertiary/aromatic N) is 1. The third-order valence-corrected chi connectivity index (χ3v) is 8.49. The van der Waals surface area contributed by atoms with Gasteiger partial charge in [0.05, 0.1) is 5.75 Å². The zero-order valence-corrected chi connectivity index (χ0v) is 20.7. The number of hydrogen-bond donors (Lipinski definition) is 3. The van der Waals surface area contributed by atoms with E-state index in [0.717, 1.165) is 10.5 Å². The van der Waals surface area contributed by atoms with Crippen LogP contribution in [-0.4, -0.2) is 63.2 Å². The molecule has 0 unspecified atom stereocenters. The number of benzene rings is 2. The zero-order chi connectivity index (χ0) is 25.2. The Morgan fingerprint density at radius 2 is 1.78 bits per heavy atom. The summed E-state index contributed by atoms with van der Waals surface area (Å²) in [6, 6.07) is 17.9. The first kappa shape index (κ1) is 24.2. The van der Waals surface area contributed by atoms with Gasteiger partial charge >= 0.3 is 5.97 Å². The maximum Gasteiger partial charge on any atom is 0.352 e. The fourth-order valence-electron chi connectivity index (χ4n) is 4.59. The number of thioether (sulfide) groups is 2. The van der Waals surface area contributed by atoms with Crippen LogP contribution >= 0.6 is 23.5 Å². The van der Waals surface area contributed by atoms with Crippen molar-refractivity contribution in [3.05, 3.63) is 83.1 Å². The molecule has 10 heteroatoms. The van der Waals surface area contributed by atoms with Crippen LogP contribution < -0.4 is 10.6 Å². The van der Waals surface area contributed by atoms with Crippen LogP contribution in [-0.2, 0) is 19.2 Å². The highest BCUT2D eigenvalue weighted by Crippen LogP contribution is 2.45. The van der Waals surface area contributed by atoms with Gasteiger partial charge in [-0.2, -0.15) is 0 Å². The molecule has 3 aliphatic heterocycles. The normalized spacial score (nSPS) is 22.5. The zero-order valence-electron chi connectivity index (χ0n) is 19.1. The number of nitrogens with one attached hydrogen (secondary N) is 2. The number of hydrogen-bond acceptors (Lipinski definition) is 6. The first-order chi connectivity index (χ1) is 17.5. The van der Waals surface area contributed by atoms with Crippen molar-refractivity contribution >= 4 is 52.8 Å². The van der Waals surface area contributed by atoms with Gasteiger partial charge in [-0.15, -0.1) is 23.5 Å². The lowest BCUT2D eigenvalue weighted by Gasteiger charge is -2.49. The van der Waals surface area contributed by atoms with Crippen molar-refractivity contribution in [2.24, 2.45) is 0 Å². The lowest BCUT2D eigenvalue weighted by Crippen LogP contribution is -2.70. The molecule has 5 rings (SSSR count). The van der Waals surface area contributed by atoms with Crippen molar-refractivity contribution in [1.29, 1.82) is 0 Å². The molecule has 2 aromatic carbocycles. The van der Waals surface area contributed by atoms with Crippen molar-refractivity contribution in [3.8, 4) is 0 Å². The van der Waals surface area contributed by atoms with Crippen LogP contribution in [0.2, 0.25) is 0 Å². The van der Waals surface area contributed by atoms with E-state index in [1.54, 1.807) is 0 Å². The summed E-state index contributed by atoms with van der Waals surface area (Å²) in [6.07, 6.45) is 0.471. The van der Waals surface area contributed by atoms with Gasteiger partial charge in [-0.1, -0.05) is 48.5 Å². The summed E-state index contributed by atoms with van der Waals surface area (Å²) in [5.41, 5.74) is 2.13. The second-order valence-electron chi connectivity index (χ2n) is 8.41. The summed E-state index contributed by atoms with van der Waals surface area (Å²) in [4.78, 5) is 52.9. The minimum atomic E-state index is -1.24. The summed E-state index contributed by atoms with van der Waals surface area (Å²) >= 11 is 2.76.